The van der Waals surface area contributed by atoms with Gasteiger partial charge in [-0.3, -0.25) is 24.8 Å². The molecule has 2 aliphatic heterocycles. The molecular weight excluding hydrogens is 378 g/mol. The smallest absolute Gasteiger partial charge is 0.334 e. The van der Waals surface area contributed by atoms with E-state index in [0.29, 0.717) is 36.8 Å². The first-order chi connectivity index (χ1) is 14.0. The zero-order valence-electron chi connectivity index (χ0n) is 15.3. The van der Waals surface area contributed by atoms with Gasteiger partial charge < -0.3 is 13.9 Å². The second-order valence-corrected chi connectivity index (χ2v) is 7.47. The van der Waals surface area contributed by atoms with Crippen LogP contribution in [0.3, 0.4) is 0 Å². The third-order valence-electron chi connectivity index (χ3n) is 5.65. The summed E-state index contributed by atoms with van der Waals surface area (Å²) in [6.45, 7) is 1.29. The molecule has 2 bridgehead atoms. The van der Waals surface area contributed by atoms with Crippen LogP contribution in [0.2, 0.25) is 0 Å². The predicted octanol–water partition coefficient (Wildman–Crippen LogP) is 2.00. The Hall–Kier alpha value is -3.69. The van der Waals surface area contributed by atoms with Crippen molar-refractivity contribution >= 4 is 11.6 Å². The fourth-order valence-electron chi connectivity index (χ4n) is 4.39. The van der Waals surface area contributed by atoms with Crippen LogP contribution in [0.25, 0.3) is 11.5 Å². The Labute approximate surface area is 163 Å². The largest absolute Gasteiger partial charge is 0.463 e. The summed E-state index contributed by atoms with van der Waals surface area (Å²) in [6, 6.07) is 8.10. The molecule has 2 atom stereocenters. The lowest BCUT2D eigenvalue weighted by Crippen LogP contribution is -2.49. The molecular formula is C19H17N5O5. The highest BCUT2D eigenvalue weighted by molar-refractivity contribution is 5.93. The number of hydrogen-bond acceptors (Lipinski definition) is 6. The predicted molar refractivity (Wildman–Crippen MR) is 100 cm³/mol. The van der Waals surface area contributed by atoms with Crippen molar-refractivity contribution in [2.24, 2.45) is 5.92 Å². The number of carbonyl (C=O) groups excluding carboxylic acids is 1. The monoisotopic (exact) mass is 395 g/mol. The van der Waals surface area contributed by atoms with Crippen molar-refractivity contribution in [2.75, 3.05) is 13.1 Å². The van der Waals surface area contributed by atoms with Crippen molar-refractivity contribution in [1.29, 1.82) is 0 Å². The third kappa shape index (κ3) is 2.84. The van der Waals surface area contributed by atoms with Gasteiger partial charge in [-0.25, -0.2) is 0 Å². The maximum atomic E-state index is 13.0. The van der Waals surface area contributed by atoms with Crippen molar-refractivity contribution < 1.29 is 14.1 Å². The second-order valence-electron chi connectivity index (χ2n) is 7.47. The molecule has 0 unspecified atom stereocenters. The molecule has 10 nitrogen and oxygen atoms in total. The number of aromatic amines is 1. The minimum absolute atomic E-state index is 0.0385. The highest BCUT2D eigenvalue weighted by Gasteiger charge is 2.38. The van der Waals surface area contributed by atoms with Crippen molar-refractivity contribution in [2.45, 2.75) is 18.9 Å². The van der Waals surface area contributed by atoms with E-state index >= 15 is 0 Å². The van der Waals surface area contributed by atoms with Crippen molar-refractivity contribution in [1.82, 2.24) is 19.7 Å². The summed E-state index contributed by atoms with van der Waals surface area (Å²) in [7, 11) is 0. The molecule has 1 fully saturated rings. The molecule has 1 amide bonds. The molecule has 2 aliphatic rings. The molecule has 5 rings (SSSR count). The van der Waals surface area contributed by atoms with Crippen LogP contribution in [-0.4, -0.2) is 43.6 Å². The van der Waals surface area contributed by atoms with Crippen LogP contribution in [0.15, 0.2) is 45.8 Å². The molecule has 0 aromatic carbocycles. The Morgan fingerprint density at radius 1 is 1.28 bits per heavy atom. The van der Waals surface area contributed by atoms with Crippen LogP contribution in [0, 0.1) is 16.0 Å². The molecule has 148 valence electrons. The van der Waals surface area contributed by atoms with Crippen LogP contribution in [0.5, 0.6) is 0 Å². The molecule has 10 heteroatoms. The Morgan fingerprint density at radius 3 is 2.90 bits per heavy atom. The van der Waals surface area contributed by atoms with Gasteiger partial charge in [-0.05, 0) is 30.5 Å². The van der Waals surface area contributed by atoms with Crippen LogP contribution < -0.4 is 5.56 Å². The maximum absolute atomic E-state index is 13.0. The molecule has 0 radical (unpaired) electrons. The zero-order chi connectivity index (χ0) is 20.1. The van der Waals surface area contributed by atoms with Crippen LogP contribution in [0.1, 0.15) is 28.5 Å². The summed E-state index contributed by atoms with van der Waals surface area (Å²) in [5, 5.41) is 18.0. The number of amides is 1. The van der Waals surface area contributed by atoms with Crippen molar-refractivity contribution in [3.63, 3.8) is 0 Å². The Balaban J connectivity index is 1.41. The summed E-state index contributed by atoms with van der Waals surface area (Å²) in [5.74, 6) is 0.435. The molecule has 1 saturated heterocycles. The summed E-state index contributed by atoms with van der Waals surface area (Å²) >= 11 is 0. The molecule has 5 heterocycles. The van der Waals surface area contributed by atoms with E-state index in [0.717, 1.165) is 12.1 Å². The SMILES string of the molecule is O=C(c1cc(-c2ccco2)[nH]n1)N1C[C@@H]2C[C@@H](C1)c1ccc([N+](=O)[O-])c(=O)n1C2. The van der Waals surface area contributed by atoms with E-state index in [4.69, 9.17) is 4.42 Å². The van der Waals surface area contributed by atoms with Gasteiger partial charge in [0.1, 0.15) is 5.69 Å². The zero-order valence-corrected chi connectivity index (χ0v) is 15.3. The van der Waals surface area contributed by atoms with Crippen molar-refractivity contribution in [3.05, 3.63) is 68.5 Å². The number of nitrogens with zero attached hydrogens (tertiary/aromatic N) is 4. The fraction of sp³-hybridized carbons (Fsp3) is 0.316. The van der Waals surface area contributed by atoms with E-state index in [-0.39, 0.29) is 17.7 Å². The second kappa shape index (κ2) is 6.43. The first kappa shape index (κ1) is 17.4. The number of rotatable bonds is 3. The molecule has 1 N–H and O–H groups in total. The maximum Gasteiger partial charge on any atom is 0.334 e. The number of H-pyrrole nitrogens is 1. The van der Waals surface area contributed by atoms with Crippen molar-refractivity contribution in [3.8, 4) is 11.5 Å². The normalized spacial score (nSPS) is 20.3. The van der Waals surface area contributed by atoms with Crippen LogP contribution >= 0.6 is 0 Å². The lowest BCUT2D eigenvalue weighted by atomic mass is 9.83. The lowest BCUT2D eigenvalue weighted by Gasteiger charge is -2.42. The van der Waals surface area contributed by atoms with Gasteiger partial charge >= 0.3 is 11.2 Å². The number of carbonyl (C=O) groups is 1. The number of furan rings is 1. The number of hydrogen-bond donors (Lipinski definition) is 1. The number of nitro groups is 1. The van der Waals surface area contributed by atoms with Gasteiger partial charge in [0.05, 0.1) is 11.2 Å². The highest BCUT2D eigenvalue weighted by Crippen LogP contribution is 2.36. The molecule has 3 aromatic heterocycles. The van der Waals surface area contributed by atoms with Gasteiger partial charge in [-0.15, -0.1) is 0 Å². The third-order valence-corrected chi connectivity index (χ3v) is 5.65. The van der Waals surface area contributed by atoms with Gasteiger partial charge in [-0.1, -0.05) is 0 Å². The van der Waals surface area contributed by atoms with Crippen LogP contribution in [-0.2, 0) is 6.54 Å². The standard InChI is InChI=1S/C19H17N5O5/c25-18(14-7-13(20-21-14)17-2-1-5-29-17)22-8-11-6-12(10-22)15-3-4-16(24(27)28)19(26)23(15)9-11/h1-5,7,11-12H,6,8-10H2,(H,20,21)/t11-,12-/m0/s1. The topological polar surface area (TPSA) is 127 Å². The molecule has 0 aliphatic carbocycles. The van der Waals surface area contributed by atoms with Gasteiger partial charge in [0.2, 0.25) is 0 Å². The average molecular weight is 395 g/mol. The highest BCUT2D eigenvalue weighted by atomic mass is 16.6. The van der Waals surface area contributed by atoms with E-state index in [1.807, 2.05) is 0 Å². The van der Waals surface area contributed by atoms with Gasteiger partial charge in [0, 0.05) is 43.4 Å². The number of pyridine rings is 1. The number of likely N-dealkylation sites (tertiary alicyclic amines) is 1. The lowest BCUT2D eigenvalue weighted by molar-refractivity contribution is -0.386. The van der Waals surface area contributed by atoms with Gasteiger partial charge in [-0.2, -0.15) is 5.10 Å². The van der Waals surface area contributed by atoms with Crippen LogP contribution in [0.4, 0.5) is 5.69 Å². The Bertz CT molecular complexity index is 1160. The summed E-state index contributed by atoms with van der Waals surface area (Å²) in [5.41, 5.74) is 0.686. The number of nitrogens with one attached hydrogen (secondary N) is 1. The molecule has 0 saturated carbocycles. The number of fused-ring (bicyclic) bond motifs is 4. The summed E-state index contributed by atoms with van der Waals surface area (Å²) < 4.78 is 6.82. The van der Waals surface area contributed by atoms with Gasteiger partial charge in [0.25, 0.3) is 5.91 Å². The first-order valence-electron chi connectivity index (χ1n) is 9.28. The summed E-state index contributed by atoms with van der Waals surface area (Å²) in [6.07, 6.45) is 2.40. The van der Waals surface area contributed by atoms with Gasteiger partial charge in [0.15, 0.2) is 11.5 Å². The Morgan fingerprint density at radius 2 is 2.14 bits per heavy atom. The van der Waals surface area contributed by atoms with E-state index in [1.54, 1.807) is 35.4 Å². The van der Waals surface area contributed by atoms with E-state index in [1.165, 1.54) is 10.6 Å². The summed E-state index contributed by atoms with van der Waals surface area (Å²) in [4.78, 5) is 37.6. The molecule has 3 aromatic rings. The average Bonchev–Trinajstić information content (AvgIpc) is 3.39. The quantitative estimate of drug-likeness (QED) is 0.534. The fourth-order valence-corrected chi connectivity index (χ4v) is 4.39. The van der Waals surface area contributed by atoms with E-state index in [2.05, 4.69) is 10.2 Å². The first-order valence-corrected chi connectivity index (χ1v) is 9.28. The van der Waals surface area contributed by atoms with E-state index < -0.39 is 16.2 Å². The minimum Gasteiger partial charge on any atom is -0.463 e. The number of aromatic nitrogens is 3. The molecule has 29 heavy (non-hydrogen) atoms. The Kier molecular flexibility index (Phi) is 3.86. The minimum atomic E-state index is -0.649. The van der Waals surface area contributed by atoms with E-state index in [9.17, 15) is 19.7 Å². The number of piperidine rings is 1. The molecule has 0 spiro atoms.